The van der Waals surface area contributed by atoms with E-state index < -0.39 is 11.7 Å². The Hall–Kier alpha value is -2.76. The maximum atomic E-state index is 12.7. The summed E-state index contributed by atoms with van der Waals surface area (Å²) in [5.41, 5.74) is 6.10. The largest absolute Gasteiger partial charge is 0.457 e. The fourth-order valence-electron chi connectivity index (χ4n) is 2.13. The second kappa shape index (κ2) is 5.22. The van der Waals surface area contributed by atoms with Crippen LogP contribution < -0.4 is 10.5 Å². The number of hydrogen-bond acceptors (Lipinski definition) is 3. The van der Waals surface area contributed by atoms with E-state index in [1.165, 1.54) is 18.3 Å². The quantitative estimate of drug-likeness (QED) is 0.702. The van der Waals surface area contributed by atoms with Gasteiger partial charge in [-0.05, 0) is 36.4 Å². The SMILES string of the molecule is Nc1cccc2c(Oc3cccc(C(F)(F)F)c3)ccnc12. The average Bonchev–Trinajstić information content (AvgIpc) is 2.48. The molecule has 3 nitrogen and oxygen atoms in total. The molecule has 0 bridgehead atoms. The lowest BCUT2D eigenvalue weighted by atomic mass is 10.1. The molecule has 0 amide bonds. The van der Waals surface area contributed by atoms with Crippen LogP contribution in [-0.2, 0) is 6.18 Å². The topological polar surface area (TPSA) is 48.1 Å². The minimum absolute atomic E-state index is 0.102. The summed E-state index contributed by atoms with van der Waals surface area (Å²) in [5.74, 6) is 0.501. The summed E-state index contributed by atoms with van der Waals surface area (Å²) in [6.07, 6.45) is -2.91. The predicted octanol–water partition coefficient (Wildman–Crippen LogP) is 4.63. The molecule has 1 heterocycles. The fraction of sp³-hybridized carbons (Fsp3) is 0.0625. The zero-order valence-electron chi connectivity index (χ0n) is 11.3. The number of nitrogens with zero attached hydrogens (tertiary/aromatic N) is 1. The summed E-state index contributed by atoms with van der Waals surface area (Å²) >= 11 is 0. The highest BCUT2D eigenvalue weighted by Gasteiger charge is 2.30. The molecule has 0 unspecified atom stereocenters. The Kier molecular flexibility index (Phi) is 3.36. The van der Waals surface area contributed by atoms with Gasteiger partial charge in [-0.25, -0.2) is 0 Å². The summed E-state index contributed by atoms with van der Waals surface area (Å²) in [6.45, 7) is 0. The van der Waals surface area contributed by atoms with Crippen molar-refractivity contribution < 1.29 is 17.9 Å². The van der Waals surface area contributed by atoms with E-state index in [1.807, 2.05) is 0 Å². The Morgan fingerprint density at radius 3 is 2.55 bits per heavy atom. The predicted molar refractivity (Wildman–Crippen MR) is 77.7 cm³/mol. The molecule has 0 aliphatic carbocycles. The number of alkyl halides is 3. The molecule has 6 heteroatoms. The van der Waals surface area contributed by atoms with Gasteiger partial charge in [0.15, 0.2) is 0 Å². The second-order valence-electron chi connectivity index (χ2n) is 4.68. The van der Waals surface area contributed by atoms with Crippen LogP contribution in [0.25, 0.3) is 10.9 Å². The Morgan fingerprint density at radius 2 is 1.77 bits per heavy atom. The van der Waals surface area contributed by atoms with Crippen molar-refractivity contribution in [1.82, 2.24) is 4.98 Å². The number of halogens is 3. The number of benzene rings is 2. The van der Waals surface area contributed by atoms with Crippen LogP contribution in [0.2, 0.25) is 0 Å². The molecule has 0 aliphatic heterocycles. The fourth-order valence-corrected chi connectivity index (χ4v) is 2.13. The maximum Gasteiger partial charge on any atom is 0.416 e. The molecule has 0 saturated carbocycles. The first-order valence-corrected chi connectivity index (χ1v) is 6.43. The van der Waals surface area contributed by atoms with E-state index in [9.17, 15) is 13.2 Å². The van der Waals surface area contributed by atoms with Gasteiger partial charge in [0.2, 0.25) is 0 Å². The van der Waals surface area contributed by atoms with Gasteiger partial charge in [0, 0.05) is 11.6 Å². The van der Waals surface area contributed by atoms with E-state index >= 15 is 0 Å². The molecule has 22 heavy (non-hydrogen) atoms. The molecule has 3 aromatic rings. The smallest absolute Gasteiger partial charge is 0.416 e. The molecular formula is C16H11F3N2O. The van der Waals surface area contributed by atoms with E-state index in [-0.39, 0.29) is 5.75 Å². The van der Waals surface area contributed by atoms with Crippen molar-refractivity contribution in [3.8, 4) is 11.5 Å². The van der Waals surface area contributed by atoms with Gasteiger partial charge in [0.1, 0.15) is 11.5 Å². The van der Waals surface area contributed by atoms with Crippen LogP contribution in [0.1, 0.15) is 5.56 Å². The Labute approximate surface area is 124 Å². The molecule has 112 valence electrons. The molecular weight excluding hydrogens is 293 g/mol. The van der Waals surface area contributed by atoms with Crippen LogP contribution in [0.3, 0.4) is 0 Å². The number of nitrogen functional groups attached to an aromatic ring is 1. The van der Waals surface area contributed by atoms with Gasteiger partial charge in [-0.3, -0.25) is 4.98 Å². The summed E-state index contributed by atoms with van der Waals surface area (Å²) in [5, 5.41) is 0.639. The van der Waals surface area contributed by atoms with Crippen molar-refractivity contribution in [3.63, 3.8) is 0 Å². The number of fused-ring (bicyclic) bond motifs is 1. The highest BCUT2D eigenvalue weighted by molar-refractivity contribution is 5.93. The highest BCUT2D eigenvalue weighted by atomic mass is 19.4. The second-order valence-corrected chi connectivity index (χ2v) is 4.68. The molecule has 0 fully saturated rings. The summed E-state index contributed by atoms with van der Waals surface area (Å²) < 4.78 is 43.8. The molecule has 2 aromatic carbocycles. The first-order valence-electron chi connectivity index (χ1n) is 6.43. The minimum atomic E-state index is -4.41. The molecule has 0 spiro atoms. The zero-order valence-corrected chi connectivity index (χ0v) is 11.3. The van der Waals surface area contributed by atoms with E-state index in [0.29, 0.717) is 22.3 Å². The van der Waals surface area contributed by atoms with Crippen molar-refractivity contribution in [2.45, 2.75) is 6.18 Å². The number of pyridine rings is 1. The lowest BCUT2D eigenvalue weighted by Gasteiger charge is -2.11. The summed E-state index contributed by atoms with van der Waals surface area (Å²) in [4.78, 5) is 4.15. The van der Waals surface area contributed by atoms with Crippen molar-refractivity contribution in [2.24, 2.45) is 0 Å². The van der Waals surface area contributed by atoms with Gasteiger partial charge in [0.05, 0.1) is 16.8 Å². The normalized spacial score (nSPS) is 11.6. The number of anilines is 1. The van der Waals surface area contributed by atoms with E-state index in [4.69, 9.17) is 10.5 Å². The molecule has 0 radical (unpaired) electrons. The molecule has 0 aliphatic rings. The molecule has 3 rings (SSSR count). The molecule has 0 saturated heterocycles. The maximum absolute atomic E-state index is 12.7. The lowest BCUT2D eigenvalue weighted by molar-refractivity contribution is -0.137. The first kappa shape index (κ1) is 14.2. The van der Waals surface area contributed by atoms with Crippen LogP contribution in [0.15, 0.2) is 54.7 Å². The molecule has 1 aromatic heterocycles. The van der Waals surface area contributed by atoms with Gasteiger partial charge < -0.3 is 10.5 Å². The van der Waals surface area contributed by atoms with Gasteiger partial charge in [0.25, 0.3) is 0 Å². The zero-order chi connectivity index (χ0) is 15.7. The van der Waals surface area contributed by atoms with Crippen LogP contribution in [0.4, 0.5) is 18.9 Å². The average molecular weight is 304 g/mol. The Bertz CT molecular complexity index is 831. The summed E-state index contributed by atoms with van der Waals surface area (Å²) in [7, 11) is 0. The van der Waals surface area contributed by atoms with Crippen molar-refractivity contribution in [1.29, 1.82) is 0 Å². The standard InChI is InChI=1S/C16H11F3N2O/c17-16(18,19)10-3-1-4-11(9-10)22-14-7-8-21-15-12(14)5-2-6-13(15)20/h1-9H,20H2. The number of ether oxygens (including phenoxy) is 1. The minimum Gasteiger partial charge on any atom is -0.457 e. The van der Waals surface area contributed by atoms with E-state index in [0.717, 1.165) is 12.1 Å². The summed E-state index contributed by atoms with van der Waals surface area (Å²) in [6, 6.07) is 11.5. The third-order valence-corrected chi connectivity index (χ3v) is 3.15. The molecule has 0 atom stereocenters. The number of hydrogen-bond donors (Lipinski definition) is 1. The van der Waals surface area contributed by atoms with Crippen LogP contribution >= 0.6 is 0 Å². The third kappa shape index (κ3) is 2.67. The molecule has 2 N–H and O–H groups in total. The van der Waals surface area contributed by atoms with Crippen LogP contribution in [0.5, 0.6) is 11.5 Å². The van der Waals surface area contributed by atoms with Gasteiger partial charge in [-0.15, -0.1) is 0 Å². The van der Waals surface area contributed by atoms with Crippen LogP contribution in [0, 0.1) is 0 Å². The number of nitrogens with two attached hydrogens (primary N) is 1. The Balaban J connectivity index is 2.02. The number of aromatic nitrogens is 1. The lowest BCUT2D eigenvalue weighted by Crippen LogP contribution is -2.04. The monoisotopic (exact) mass is 304 g/mol. The van der Waals surface area contributed by atoms with E-state index in [1.54, 1.807) is 24.3 Å². The van der Waals surface area contributed by atoms with Crippen molar-refractivity contribution in [2.75, 3.05) is 5.73 Å². The third-order valence-electron chi connectivity index (χ3n) is 3.15. The highest BCUT2D eigenvalue weighted by Crippen LogP contribution is 2.34. The first-order chi connectivity index (χ1) is 10.4. The Morgan fingerprint density at radius 1 is 1.00 bits per heavy atom. The van der Waals surface area contributed by atoms with Crippen molar-refractivity contribution in [3.05, 3.63) is 60.3 Å². The number of rotatable bonds is 2. The van der Waals surface area contributed by atoms with Gasteiger partial charge in [-0.1, -0.05) is 12.1 Å². The number of para-hydroxylation sites is 1. The van der Waals surface area contributed by atoms with Gasteiger partial charge >= 0.3 is 6.18 Å². The van der Waals surface area contributed by atoms with Gasteiger partial charge in [-0.2, -0.15) is 13.2 Å². The van der Waals surface area contributed by atoms with Crippen LogP contribution in [-0.4, -0.2) is 4.98 Å². The van der Waals surface area contributed by atoms with E-state index in [2.05, 4.69) is 4.98 Å². The van der Waals surface area contributed by atoms with Crippen molar-refractivity contribution >= 4 is 16.6 Å².